The van der Waals surface area contributed by atoms with Crippen molar-refractivity contribution in [1.82, 2.24) is 15.0 Å². The number of nitrogens with one attached hydrogen (secondary N) is 1. The third kappa shape index (κ3) is 2.63. The monoisotopic (exact) mass is 270 g/mol. The molecule has 5 heteroatoms. The van der Waals surface area contributed by atoms with Crippen molar-refractivity contribution < 1.29 is 0 Å². The second-order valence-corrected chi connectivity index (χ2v) is 4.38. The average molecular weight is 271 g/mol. The van der Waals surface area contributed by atoms with Crippen LogP contribution in [0.2, 0.25) is 5.15 Å². The molecule has 0 fully saturated rings. The van der Waals surface area contributed by atoms with Gasteiger partial charge in [-0.2, -0.15) is 0 Å². The minimum Gasteiger partial charge on any atom is -0.362 e. The van der Waals surface area contributed by atoms with Crippen molar-refractivity contribution in [3.05, 3.63) is 59.5 Å². The van der Waals surface area contributed by atoms with Gasteiger partial charge < -0.3 is 5.32 Å². The van der Waals surface area contributed by atoms with Gasteiger partial charge in [-0.3, -0.25) is 4.98 Å². The first-order valence-corrected chi connectivity index (χ1v) is 6.27. The Balaban J connectivity index is 1.86. The van der Waals surface area contributed by atoms with Crippen LogP contribution in [0.4, 0.5) is 5.82 Å². The summed E-state index contributed by atoms with van der Waals surface area (Å²) >= 11 is 6.11. The van der Waals surface area contributed by atoms with Gasteiger partial charge in [0.1, 0.15) is 0 Å². The Labute approximate surface area is 115 Å². The third-order valence-corrected chi connectivity index (χ3v) is 2.95. The van der Waals surface area contributed by atoms with Crippen molar-refractivity contribution in [3.63, 3.8) is 0 Å². The molecule has 1 N–H and O–H groups in total. The van der Waals surface area contributed by atoms with Gasteiger partial charge in [0.15, 0.2) is 11.0 Å². The smallest absolute Gasteiger partial charge is 0.172 e. The number of para-hydroxylation sites is 2. The van der Waals surface area contributed by atoms with Gasteiger partial charge in [-0.15, -0.1) is 0 Å². The first-order valence-electron chi connectivity index (χ1n) is 5.89. The van der Waals surface area contributed by atoms with E-state index in [-0.39, 0.29) is 0 Å². The minimum atomic E-state index is 0.370. The Morgan fingerprint density at radius 1 is 0.947 bits per heavy atom. The predicted octanol–water partition coefficient (Wildman–Crippen LogP) is 3.29. The van der Waals surface area contributed by atoms with Crippen LogP contribution in [0, 0.1) is 0 Å². The molecule has 3 aromatic rings. The normalized spacial score (nSPS) is 10.6. The average Bonchev–Trinajstić information content (AvgIpc) is 2.46. The molecule has 0 saturated carbocycles. The van der Waals surface area contributed by atoms with E-state index in [0.717, 1.165) is 16.7 Å². The largest absolute Gasteiger partial charge is 0.362 e. The molecule has 3 rings (SSSR count). The molecular weight excluding hydrogens is 260 g/mol. The highest BCUT2D eigenvalue weighted by atomic mass is 35.5. The first kappa shape index (κ1) is 11.9. The van der Waals surface area contributed by atoms with Gasteiger partial charge in [0.2, 0.25) is 0 Å². The first-order chi connectivity index (χ1) is 9.33. The van der Waals surface area contributed by atoms with Crippen LogP contribution in [0.25, 0.3) is 11.0 Å². The van der Waals surface area contributed by atoms with E-state index in [1.165, 1.54) is 0 Å². The van der Waals surface area contributed by atoms with E-state index in [9.17, 15) is 0 Å². The van der Waals surface area contributed by atoms with Crippen LogP contribution >= 0.6 is 11.6 Å². The zero-order valence-electron chi connectivity index (χ0n) is 10.0. The van der Waals surface area contributed by atoms with Crippen LogP contribution in [0.3, 0.4) is 0 Å². The summed E-state index contributed by atoms with van der Waals surface area (Å²) in [6.07, 6.45) is 1.75. The molecule has 0 atom stereocenters. The van der Waals surface area contributed by atoms with Crippen molar-refractivity contribution in [3.8, 4) is 0 Å². The Kier molecular flexibility index (Phi) is 3.25. The maximum atomic E-state index is 6.11. The highest BCUT2D eigenvalue weighted by Crippen LogP contribution is 2.21. The van der Waals surface area contributed by atoms with Crippen LogP contribution in [-0.4, -0.2) is 15.0 Å². The molecule has 4 nitrogen and oxygen atoms in total. The Hall–Kier alpha value is -2.20. The lowest BCUT2D eigenvalue weighted by molar-refractivity contribution is 1.03. The van der Waals surface area contributed by atoms with Crippen molar-refractivity contribution in [2.24, 2.45) is 0 Å². The summed E-state index contributed by atoms with van der Waals surface area (Å²) in [5, 5.41) is 3.52. The van der Waals surface area contributed by atoms with Gasteiger partial charge in [-0.25, -0.2) is 9.97 Å². The molecule has 0 aliphatic heterocycles. The van der Waals surface area contributed by atoms with Crippen molar-refractivity contribution in [2.45, 2.75) is 6.54 Å². The standard InChI is InChI=1S/C14H11ClN4/c15-13-14(17-9-10-5-3-4-8-16-10)19-12-7-2-1-6-11(12)18-13/h1-8H,9H2,(H,17,19). The highest BCUT2D eigenvalue weighted by molar-refractivity contribution is 6.32. The number of pyridine rings is 1. The molecule has 19 heavy (non-hydrogen) atoms. The molecule has 0 saturated heterocycles. The maximum Gasteiger partial charge on any atom is 0.172 e. The molecule has 0 unspecified atom stereocenters. The van der Waals surface area contributed by atoms with Gasteiger partial charge in [-0.05, 0) is 24.3 Å². The molecule has 0 aliphatic carbocycles. The Morgan fingerprint density at radius 3 is 2.42 bits per heavy atom. The molecule has 94 valence electrons. The second-order valence-electron chi connectivity index (χ2n) is 4.03. The number of aromatic nitrogens is 3. The van der Waals surface area contributed by atoms with E-state index in [4.69, 9.17) is 11.6 Å². The molecule has 1 aromatic carbocycles. The zero-order chi connectivity index (χ0) is 13.1. The van der Waals surface area contributed by atoms with Crippen LogP contribution in [0.5, 0.6) is 0 Å². The number of halogens is 1. The van der Waals surface area contributed by atoms with E-state index in [2.05, 4.69) is 20.3 Å². The third-order valence-electron chi connectivity index (χ3n) is 2.69. The number of rotatable bonds is 3. The van der Waals surface area contributed by atoms with Gasteiger partial charge in [0, 0.05) is 6.20 Å². The maximum absolute atomic E-state index is 6.11. The minimum absolute atomic E-state index is 0.370. The van der Waals surface area contributed by atoms with Crippen molar-refractivity contribution in [2.75, 3.05) is 5.32 Å². The predicted molar refractivity (Wildman–Crippen MR) is 76.1 cm³/mol. The molecule has 2 aromatic heterocycles. The van der Waals surface area contributed by atoms with Gasteiger partial charge in [-0.1, -0.05) is 29.8 Å². The fourth-order valence-corrected chi connectivity index (χ4v) is 1.97. The number of fused-ring (bicyclic) bond motifs is 1. The summed E-state index contributed by atoms with van der Waals surface area (Å²) < 4.78 is 0. The number of hydrogen-bond acceptors (Lipinski definition) is 4. The SMILES string of the molecule is Clc1nc2ccccc2nc1NCc1ccccn1. The van der Waals surface area contributed by atoms with E-state index < -0.39 is 0 Å². The fourth-order valence-electron chi connectivity index (χ4n) is 1.77. The van der Waals surface area contributed by atoms with E-state index >= 15 is 0 Å². The molecule has 0 aliphatic rings. The van der Waals surface area contributed by atoms with Crippen LogP contribution in [0.1, 0.15) is 5.69 Å². The summed E-state index contributed by atoms with van der Waals surface area (Å²) in [4.78, 5) is 13.0. The van der Waals surface area contributed by atoms with Crippen molar-refractivity contribution >= 4 is 28.5 Å². The summed E-state index contributed by atoms with van der Waals surface area (Å²) in [5.41, 5.74) is 2.53. The van der Waals surface area contributed by atoms with Gasteiger partial charge in [0.05, 0.1) is 23.3 Å². The summed E-state index contributed by atoms with van der Waals surface area (Å²) in [5.74, 6) is 0.575. The summed E-state index contributed by atoms with van der Waals surface area (Å²) in [7, 11) is 0. The number of hydrogen-bond donors (Lipinski definition) is 1. The number of benzene rings is 1. The molecule has 0 amide bonds. The van der Waals surface area contributed by atoms with E-state index in [1.54, 1.807) is 6.20 Å². The summed E-state index contributed by atoms with van der Waals surface area (Å²) in [6, 6.07) is 13.4. The molecular formula is C14H11ClN4. The molecule has 0 bridgehead atoms. The molecule has 0 spiro atoms. The molecule has 0 radical (unpaired) electrons. The van der Waals surface area contributed by atoms with E-state index in [1.807, 2.05) is 42.5 Å². The van der Waals surface area contributed by atoms with Gasteiger partial charge in [0.25, 0.3) is 0 Å². The molecule has 2 heterocycles. The van der Waals surface area contributed by atoms with Crippen LogP contribution in [-0.2, 0) is 6.54 Å². The lowest BCUT2D eigenvalue weighted by Crippen LogP contribution is -2.04. The number of nitrogens with zero attached hydrogens (tertiary/aromatic N) is 3. The second kappa shape index (κ2) is 5.20. The van der Waals surface area contributed by atoms with Crippen LogP contribution in [0.15, 0.2) is 48.7 Å². The fraction of sp³-hybridized carbons (Fsp3) is 0.0714. The quantitative estimate of drug-likeness (QED) is 0.793. The van der Waals surface area contributed by atoms with Crippen molar-refractivity contribution in [1.29, 1.82) is 0 Å². The summed E-state index contributed by atoms with van der Waals surface area (Å²) in [6.45, 7) is 0.563. The Bertz CT molecular complexity index is 700. The van der Waals surface area contributed by atoms with E-state index in [0.29, 0.717) is 17.5 Å². The zero-order valence-corrected chi connectivity index (χ0v) is 10.8. The van der Waals surface area contributed by atoms with Crippen LogP contribution < -0.4 is 5.32 Å². The highest BCUT2D eigenvalue weighted by Gasteiger charge is 2.06. The Morgan fingerprint density at radius 2 is 1.68 bits per heavy atom. The van der Waals surface area contributed by atoms with Gasteiger partial charge >= 0.3 is 0 Å². The lowest BCUT2D eigenvalue weighted by atomic mass is 10.3. The number of anilines is 1. The lowest BCUT2D eigenvalue weighted by Gasteiger charge is -2.07. The topological polar surface area (TPSA) is 50.7 Å².